The van der Waals surface area contributed by atoms with Crippen LogP contribution < -0.4 is 5.56 Å². The minimum atomic E-state index is -0.747. The van der Waals surface area contributed by atoms with Crippen LogP contribution in [0.2, 0.25) is 0 Å². The minimum absolute atomic E-state index is 0.0970. The lowest BCUT2D eigenvalue weighted by Crippen LogP contribution is -2.28. The van der Waals surface area contributed by atoms with E-state index in [1.165, 1.54) is 27.4 Å². The highest BCUT2D eigenvalue weighted by atomic mass is 19.1. The van der Waals surface area contributed by atoms with Crippen molar-refractivity contribution >= 4 is 16.6 Å². The van der Waals surface area contributed by atoms with Crippen molar-refractivity contribution in [3.8, 4) is 17.6 Å². The predicted molar refractivity (Wildman–Crippen MR) is 103 cm³/mol. The van der Waals surface area contributed by atoms with Gasteiger partial charge in [-0.1, -0.05) is 12.1 Å². The summed E-state index contributed by atoms with van der Waals surface area (Å²) >= 11 is 0. The summed E-state index contributed by atoms with van der Waals surface area (Å²) in [5, 5.41) is 23.2. The van der Waals surface area contributed by atoms with Gasteiger partial charge in [-0.05, 0) is 31.9 Å². The highest BCUT2D eigenvalue weighted by Crippen LogP contribution is 2.47. The molecule has 1 aliphatic rings. The van der Waals surface area contributed by atoms with E-state index in [9.17, 15) is 19.6 Å². The Labute approximate surface area is 169 Å². The Hall–Kier alpha value is -3.58. The van der Waals surface area contributed by atoms with Gasteiger partial charge in [-0.15, -0.1) is 0 Å². The Bertz CT molecular complexity index is 1420. The summed E-state index contributed by atoms with van der Waals surface area (Å²) in [5.41, 5.74) is -0.0693. The summed E-state index contributed by atoms with van der Waals surface area (Å²) < 4.78 is 22.4. The molecule has 0 radical (unpaired) electrons. The third kappa shape index (κ3) is 2.42. The molecule has 152 valence electrons. The van der Waals surface area contributed by atoms with E-state index >= 15 is 0 Å². The number of imidazole rings is 1. The van der Waals surface area contributed by atoms with Gasteiger partial charge in [0.15, 0.2) is 0 Å². The molecule has 1 aromatic carbocycles. The first-order valence-electron chi connectivity index (χ1n) is 9.49. The van der Waals surface area contributed by atoms with Crippen LogP contribution in [0.3, 0.4) is 0 Å². The van der Waals surface area contributed by atoms with Gasteiger partial charge in [-0.25, -0.2) is 9.37 Å². The summed E-state index contributed by atoms with van der Waals surface area (Å²) in [6, 6.07) is 3.76. The van der Waals surface area contributed by atoms with Crippen molar-refractivity contribution in [2.75, 3.05) is 6.61 Å². The number of aromatic nitrogens is 5. The molecule has 1 atom stereocenters. The molecule has 0 saturated heterocycles. The lowest BCUT2D eigenvalue weighted by atomic mass is 10.1. The molecule has 1 aliphatic carbocycles. The Morgan fingerprint density at radius 1 is 1.40 bits per heavy atom. The first-order valence-corrected chi connectivity index (χ1v) is 9.49. The fourth-order valence-corrected chi connectivity index (χ4v) is 3.68. The maximum atomic E-state index is 14.3. The second kappa shape index (κ2) is 6.21. The molecule has 10 heteroatoms. The van der Waals surface area contributed by atoms with Crippen LogP contribution in [0, 0.1) is 17.1 Å². The minimum Gasteiger partial charge on any atom is -0.394 e. The molecule has 0 bridgehead atoms. The van der Waals surface area contributed by atoms with Crippen molar-refractivity contribution in [1.29, 1.82) is 5.26 Å². The van der Waals surface area contributed by atoms with Gasteiger partial charge in [0.05, 0.1) is 23.7 Å². The second-order valence-electron chi connectivity index (χ2n) is 7.90. The molecule has 3 heterocycles. The van der Waals surface area contributed by atoms with E-state index in [2.05, 4.69) is 15.1 Å². The Kier molecular flexibility index (Phi) is 3.82. The number of hydrogen-bond acceptors (Lipinski definition) is 7. The maximum Gasteiger partial charge on any atom is 0.278 e. The van der Waals surface area contributed by atoms with Crippen molar-refractivity contribution in [3.63, 3.8) is 0 Å². The van der Waals surface area contributed by atoms with Crippen molar-refractivity contribution < 1.29 is 14.0 Å². The van der Waals surface area contributed by atoms with Gasteiger partial charge in [0, 0.05) is 5.41 Å². The average molecular weight is 408 g/mol. The van der Waals surface area contributed by atoms with Crippen molar-refractivity contribution in [3.05, 3.63) is 46.1 Å². The van der Waals surface area contributed by atoms with Crippen molar-refractivity contribution in [2.45, 2.75) is 38.1 Å². The summed E-state index contributed by atoms with van der Waals surface area (Å²) in [6.07, 6.45) is 3.31. The molecule has 5 rings (SSSR count). The molecule has 1 fully saturated rings. The van der Waals surface area contributed by atoms with E-state index < -0.39 is 17.4 Å². The zero-order valence-electron chi connectivity index (χ0n) is 16.3. The standard InChI is InChI=1S/C20H17FN6O3/c1-10(8-28)27-15-11(7-22)12(21)3-4-13(15)26-9-23-14(16(26)18(27)29)17-24-19(30-25-17)20(2)5-6-20/h3-4,9-10,28H,5-6,8H2,1-2H3. The number of aliphatic hydroxyl groups excluding tert-OH is 1. The summed E-state index contributed by atoms with van der Waals surface area (Å²) in [5.74, 6) is -0.0660. The fraction of sp³-hybridized carbons (Fsp3) is 0.350. The molecule has 4 aromatic rings. The van der Waals surface area contributed by atoms with Crippen LogP contribution in [-0.2, 0) is 5.41 Å². The van der Waals surface area contributed by atoms with E-state index in [4.69, 9.17) is 4.52 Å². The third-order valence-corrected chi connectivity index (χ3v) is 5.77. The molecule has 0 amide bonds. The number of hydrogen-bond donors (Lipinski definition) is 1. The number of benzene rings is 1. The van der Waals surface area contributed by atoms with Gasteiger partial charge in [0.2, 0.25) is 11.7 Å². The molecule has 1 saturated carbocycles. The fourth-order valence-electron chi connectivity index (χ4n) is 3.68. The number of aliphatic hydroxyl groups is 1. The van der Waals surface area contributed by atoms with E-state index in [1.807, 2.05) is 13.0 Å². The summed E-state index contributed by atoms with van der Waals surface area (Å²) in [7, 11) is 0. The topological polar surface area (TPSA) is 122 Å². The normalized spacial score (nSPS) is 16.1. The lowest BCUT2D eigenvalue weighted by molar-refractivity contribution is 0.239. The molecular formula is C20H17FN6O3. The number of nitriles is 1. The van der Waals surface area contributed by atoms with Crippen LogP contribution in [-0.4, -0.2) is 35.8 Å². The first-order chi connectivity index (χ1) is 14.4. The van der Waals surface area contributed by atoms with Gasteiger partial charge >= 0.3 is 0 Å². The van der Waals surface area contributed by atoms with Crippen LogP contribution in [0.1, 0.15) is 44.2 Å². The van der Waals surface area contributed by atoms with Crippen LogP contribution in [0.4, 0.5) is 4.39 Å². The molecule has 9 nitrogen and oxygen atoms in total. The van der Waals surface area contributed by atoms with Crippen molar-refractivity contribution in [2.24, 2.45) is 0 Å². The summed E-state index contributed by atoms with van der Waals surface area (Å²) in [4.78, 5) is 22.2. The zero-order chi connectivity index (χ0) is 21.2. The highest BCUT2D eigenvalue weighted by molar-refractivity contribution is 5.87. The second-order valence-corrected chi connectivity index (χ2v) is 7.90. The van der Waals surface area contributed by atoms with Crippen LogP contribution in [0.15, 0.2) is 27.8 Å². The van der Waals surface area contributed by atoms with Gasteiger partial charge in [0.25, 0.3) is 5.56 Å². The third-order valence-electron chi connectivity index (χ3n) is 5.77. The summed E-state index contributed by atoms with van der Waals surface area (Å²) in [6.45, 7) is 3.26. The number of rotatable bonds is 4. The Balaban J connectivity index is 1.88. The van der Waals surface area contributed by atoms with E-state index in [0.29, 0.717) is 11.4 Å². The van der Waals surface area contributed by atoms with Gasteiger partial charge < -0.3 is 9.63 Å². The van der Waals surface area contributed by atoms with Gasteiger partial charge in [-0.3, -0.25) is 13.8 Å². The van der Waals surface area contributed by atoms with Crippen molar-refractivity contribution in [1.82, 2.24) is 24.1 Å². The van der Waals surface area contributed by atoms with E-state index in [0.717, 1.165) is 12.8 Å². The highest BCUT2D eigenvalue weighted by Gasteiger charge is 2.44. The largest absolute Gasteiger partial charge is 0.394 e. The predicted octanol–water partition coefficient (Wildman–Crippen LogP) is 2.31. The number of fused-ring (bicyclic) bond motifs is 3. The van der Waals surface area contributed by atoms with Gasteiger partial charge in [-0.2, -0.15) is 10.2 Å². The number of nitrogens with zero attached hydrogens (tertiary/aromatic N) is 6. The molecular weight excluding hydrogens is 391 g/mol. The van der Waals surface area contributed by atoms with Crippen LogP contribution in [0.25, 0.3) is 28.1 Å². The molecule has 3 aromatic heterocycles. The SMILES string of the molecule is CC(CO)n1c(=O)c2c(-c3noc(C4(C)CC4)n3)ncn2c2ccc(F)c(C#N)c21. The smallest absolute Gasteiger partial charge is 0.278 e. The number of halogens is 1. The Morgan fingerprint density at radius 3 is 2.83 bits per heavy atom. The van der Waals surface area contributed by atoms with E-state index in [-0.39, 0.29) is 40.1 Å². The van der Waals surface area contributed by atoms with Gasteiger partial charge in [0.1, 0.15) is 35.0 Å². The Morgan fingerprint density at radius 2 is 2.17 bits per heavy atom. The van der Waals surface area contributed by atoms with Crippen LogP contribution in [0.5, 0.6) is 0 Å². The lowest BCUT2D eigenvalue weighted by Gasteiger charge is -2.18. The zero-order valence-corrected chi connectivity index (χ0v) is 16.3. The average Bonchev–Trinajstić information content (AvgIpc) is 3.14. The van der Waals surface area contributed by atoms with E-state index in [1.54, 1.807) is 6.92 Å². The molecule has 0 spiro atoms. The molecule has 0 aliphatic heterocycles. The first kappa shape index (κ1) is 18.4. The van der Waals surface area contributed by atoms with Crippen LogP contribution >= 0.6 is 0 Å². The monoisotopic (exact) mass is 408 g/mol. The maximum absolute atomic E-state index is 14.3. The quantitative estimate of drug-likeness (QED) is 0.550. The molecule has 1 N–H and O–H groups in total. The molecule has 1 unspecified atom stereocenters. The molecule has 30 heavy (non-hydrogen) atoms.